The van der Waals surface area contributed by atoms with E-state index in [-0.39, 0.29) is 11.3 Å². The summed E-state index contributed by atoms with van der Waals surface area (Å²) in [6.07, 6.45) is 2.32. The Morgan fingerprint density at radius 2 is 2.21 bits per heavy atom. The van der Waals surface area contributed by atoms with Gasteiger partial charge in [0.15, 0.2) is 5.82 Å². The van der Waals surface area contributed by atoms with Crippen molar-refractivity contribution in [2.24, 2.45) is 7.05 Å². The van der Waals surface area contributed by atoms with Crippen LogP contribution in [0.3, 0.4) is 0 Å². The van der Waals surface area contributed by atoms with Crippen LogP contribution in [0.2, 0.25) is 5.28 Å². The summed E-state index contributed by atoms with van der Waals surface area (Å²) in [5, 5.41) is 7.29. The van der Waals surface area contributed by atoms with Crippen molar-refractivity contribution < 1.29 is 4.74 Å². The lowest BCUT2D eigenvalue weighted by Crippen LogP contribution is -2.11. The van der Waals surface area contributed by atoms with Crippen LogP contribution < -0.4 is 10.1 Å². The lowest BCUT2D eigenvalue weighted by Gasteiger charge is -2.05. The zero-order valence-electron chi connectivity index (χ0n) is 10.7. The van der Waals surface area contributed by atoms with Gasteiger partial charge in [-0.15, -0.1) is 0 Å². The molecule has 0 aliphatic rings. The molecule has 0 fully saturated rings. The first-order valence-electron chi connectivity index (χ1n) is 5.80. The average Bonchev–Trinajstić information content (AvgIpc) is 2.75. The number of nitrogens with one attached hydrogen (secondary N) is 1. The van der Waals surface area contributed by atoms with E-state index in [1.807, 2.05) is 14.0 Å². The first-order valence-corrected chi connectivity index (χ1v) is 6.18. The Morgan fingerprint density at radius 3 is 2.89 bits per heavy atom. The van der Waals surface area contributed by atoms with Crippen molar-refractivity contribution in [1.82, 2.24) is 29.7 Å². The van der Waals surface area contributed by atoms with Crippen molar-refractivity contribution in [3.63, 3.8) is 0 Å². The predicted molar refractivity (Wildman–Crippen MR) is 69.2 cm³/mol. The second kappa shape index (κ2) is 6.28. The fraction of sp³-hybridized carbons (Fsp3) is 0.500. The van der Waals surface area contributed by atoms with Gasteiger partial charge in [0, 0.05) is 20.0 Å². The molecule has 0 saturated heterocycles. The number of aromatic nitrogens is 6. The lowest BCUT2D eigenvalue weighted by molar-refractivity contribution is 0.312. The molecule has 0 bridgehead atoms. The monoisotopic (exact) mass is 283 g/mol. The van der Waals surface area contributed by atoms with Gasteiger partial charge < -0.3 is 10.1 Å². The minimum atomic E-state index is 0.0944. The largest absolute Gasteiger partial charge is 0.464 e. The third kappa shape index (κ3) is 4.02. The minimum Gasteiger partial charge on any atom is -0.464 e. The minimum absolute atomic E-state index is 0.0944. The Bertz CT molecular complexity index is 544. The Balaban J connectivity index is 1.91. The van der Waals surface area contributed by atoms with Gasteiger partial charge in [-0.2, -0.15) is 20.1 Å². The molecule has 0 atom stereocenters. The highest BCUT2D eigenvalue weighted by Crippen LogP contribution is 2.11. The number of aryl methyl sites for hydroxylation is 1. The Hall–Kier alpha value is -1.96. The first-order chi connectivity index (χ1) is 9.17. The first kappa shape index (κ1) is 13.5. The molecule has 0 aromatic carbocycles. The maximum absolute atomic E-state index is 5.77. The summed E-state index contributed by atoms with van der Waals surface area (Å²) < 4.78 is 6.84. The van der Waals surface area contributed by atoms with E-state index in [1.165, 1.54) is 0 Å². The molecular weight excluding hydrogens is 270 g/mol. The van der Waals surface area contributed by atoms with Gasteiger partial charge in [0.1, 0.15) is 6.33 Å². The predicted octanol–water partition coefficient (Wildman–Crippen LogP) is 0.707. The molecule has 2 aromatic heterocycles. The van der Waals surface area contributed by atoms with Crippen molar-refractivity contribution in [1.29, 1.82) is 0 Å². The fourth-order valence-corrected chi connectivity index (χ4v) is 1.54. The van der Waals surface area contributed by atoms with Crippen molar-refractivity contribution in [2.75, 3.05) is 18.5 Å². The fourth-order valence-electron chi connectivity index (χ4n) is 1.39. The summed E-state index contributed by atoms with van der Waals surface area (Å²) in [5.74, 6) is 1.12. The topological polar surface area (TPSA) is 90.6 Å². The zero-order chi connectivity index (χ0) is 13.7. The maximum atomic E-state index is 5.77. The lowest BCUT2D eigenvalue weighted by atomic mass is 10.4. The molecule has 0 saturated carbocycles. The van der Waals surface area contributed by atoms with Crippen LogP contribution >= 0.6 is 11.6 Å². The van der Waals surface area contributed by atoms with Crippen molar-refractivity contribution in [3.05, 3.63) is 17.4 Å². The summed E-state index contributed by atoms with van der Waals surface area (Å²) in [5.41, 5.74) is 0. The number of anilines is 1. The summed E-state index contributed by atoms with van der Waals surface area (Å²) in [6, 6.07) is 0.209. The van der Waals surface area contributed by atoms with Crippen molar-refractivity contribution in [2.45, 2.75) is 13.3 Å². The highest BCUT2D eigenvalue weighted by atomic mass is 35.5. The molecule has 0 aliphatic carbocycles. The summed E-state index contributed by atoms with van der Waals surface area (Å²) in [6.45, 7) is 2.91. The van der Waals surface area contributed by atoms with Crippen LogP contribution in [0.5, 0.6) is 6.01 Å². The SMILES string of the molecule is CCOc1nc(Cl)nc(NCCc2ncn(C)n2)n1. The summed E-state index contributed by atoms with van der Waals surface area (Å²) >= 11 is 5.77. The molecule has 2 rings (SSSR count). The molecule has 102 valence electrons. The highest BCUT2D eigenvalue weighted by Gasteiger charge is 2.06. The van der Waals surface area contributed by atoms with Gasteiger partial charge in [-0.25, -0.2) is 4.98 Å². The molecule has 19 heavy (non-hydrogen) atoms. The molecule has 0 aliphatic heterocycles. The van der Waals surface area contributed by atoms with Crippen LogP contribution in [0.25, 0.3) is 0 Å². The second-order valence-corrected chi connectivity index (χ2v) is 3.99. The standard InChI is InChI=1S/C10H14ClN7O/c1-3-19-10-15-8(11)14-9(16-10)12-5-4-7-13-6-18(2)17-7/h6H,3-5H2,1-2H3,(H,12,14,15,16). The normalized spacial score (nSPS) is 10.5. The van der Waals surface area contributed by atoms with Crippen LogP contribution in [0.15, 0.2) is 6.33 Å². The summed E-state index contributed by atoms with van der Waals surface area (Å²) in [4.78, 5) is 16.0. The van der Waals surface area contributed by atoms with E-state index in [1.54, 1.807) is 11.0 Å². The van der Waals surface area contributed by atoms with Gasteiger partial charge >= 0.3 is 6.01 Å². The number of nitrogens with zero attached hydrogens (tertiary/aromatic N) is 6. The van der Waals surface area contributed by atoms with Gasteiger partial charge in [-0.1, -0.05) is 0 Å². The third-order valence-electron chi connectivity index (χ3n) is 2.14. The Morgan fingerprint density at radius 1 is 1.37 bits per heavy atom. The van der Waals surface area contributed by atoms with Crippen molar-refractivity contribution in [3.8, 4) is 6.01 Å². The third-order valence-corrected chi connectivity index (χ3v) is 2.31. The molecule has 0 spiro atoms. The van der Waals surface area contributed by atoms with Crippen LogP contribution in [0, 0.1) is 0 Å². The Kier molecular flexibility index (Phi) is 4.45. The Labute approximate surface area is 115 Å². The van der Waals surface area contributed by atoms with Gasteiger partial charge in [0.25, 0.3) is 0 Å². The van der Waals surface area contributed by atoms with Gasteiger partial charge in [-0.05, 0) is 18.5 Å². The number of ether oxygens (including phenoxy) is 1. The van der Waals surface area contributed by atoms with Gasteiger partial charge in [0.05, 0.1) is 6.61 Å². The van der Waals surface area contributed by atoms with Gasteiger partial charge in [-0.3, -0.25) is 4.68 Å². The number of halogens is 1. The van der Waals surface area contributed by atoms with E-state index >= 15 is 0 Å². The van der Waals surface area contributed by atoms with E-state index in [4.69, 9.17) is 16.3 Å². The number of rotatable bonds is 6. The highest BCUT2D eigenvalue weighted by molar-refractivity contribution is 6.28. The van der Waals surface area contributed by atoms with Crippen LogP contribution in [0.1, 0.15) is 12.7 Å². The molecular formula is C10H14ClN7O. The number of hydrogen-bond donors (Lipinski definition) is 1. The summed E-state index contributed by atoms with van der Waals surface area (Å²) in [7, 11) is 1.82. The van der Waals surface area contributed by atoms with Crippen molar-refractivity contribution >= 4 is 17.5 Å². The molecule has 0 amide bonds. The van der Waals surface area contributed by atoms with E-state index in [9.17, 15) is 0 Å². The quantitative estimate of drug-likeness (QED) is 0.834. The molecule has 2 heterocycles. The smallest absolute Gasteiger partial charge is 0.322 e. The van der Waals surface area contributed by atoms with Crippen LogP contribution in [-0.4, -0.2) is 42.9 Å². The molecule has 9 heteroatoms. The maximum Gasteiger partial charge on any atom is 0.322 e. The molecule has 2 aromatic rings. The van der Waals surface area contributed by atoms with Gasteiger partial charge in [0.2, 0.25) is 11.2 Å². The van der Waals surface area contributed by atoms with Crippen LogP contribution in [0.4, 0.5) is 5.95 Å². The van der Waals surface area contributed by atoms with E-state index in [0.29, 0.717) is 25.5 Å². The average molecular weight is 284 g/mol. The van der Waals surface area contributed by atoms with E-state index in [2.05, 4.69) is 30.4 Å². The van der Waals surface area contributed by atoms with Crippen LogP contribution in [-0.2, 0) is 13.5 Å². The van der Waals surface area contributed by atoms with E-state index < -0.39 is 0 Å². The molecule has 0 radical (unpaired) electrons. The second-order valence-electron chi connectivity index (χ2n) is 3.65. The molecule has 8 nitrogen and oxygen atoms in total. The number of hydrogen-bond acceptors (Lipinski definition) is 7. The zero-order valence-corrected chi connectivity index (χ0v) is 11.4. The van der Waals surface area contributed by atoms with E-state index in [0.717, 1.165) is 5.82 Å². The molecule has 0 unspecified atom stereocenters. The molecule has 1 N–H and O–H groups in total.